The molecule has 1 fully saturated rings. The highest BCUT2D eigenvalue weighted by Crippen LogP contribution is 2.10. The van der Waals surface area contributed by atoms with Crippen molar-refractivity contribution in [3.63, 3.8) is 0 Å². The van der Waals surface area contributed by atoms with Crippen LogP contribution in [0, 0.1) is 6.92 Å². The van der Waals surface area contributed by atoms with Crippen LogP contribution in [-0.2, 0) is 16.0 Å². The summed E-state index contributed by atoms with van der Waals surface area (Å²) in [5.74, 6) is 0.142. The van der Waals surface area contributed by atoms with Crippen molar-refractivity contribution in [1.82, 2.24) is 4.90 Å². The molecule has 1 N–H and O–H groups in total. The predicted molar refractivity (Wildman–Crippen MR) is 72.9 cm³/mol. The lowest BCUT2D eigenvalue weighted by molar-refractivity contribution is -0.140. The van der Waals surface area contributed by atoms with Crippen LogP contribution in [0.3, 0.4) is 0 Å². The van der Waals surface area contributed by atoms with E-state index in [0.29, 0.717) is 26.1 Å². The van der Waals surface area contributed by atoms with Crippen LogP contribution in [0.25, 0.3) is 0 Å². The molecular formula is C15H21NO3. The van der Waals surface area contributed by atoms with Gasteiger partial charge in [0.25, 0.3) is 0 Å². The number of aliphatic hydroxyl groups excluding tert-OH is 1. The largest absolute Gasteiger partial charge is 0.394 e. The van der Waals surface area contributed by atoms with E-state index in [2.05, 4.69) is 25.1 Å². The van der Waals surface area contributed by atoms with Gasteiger partial charge in [-0.2, -0.15) is 0 Å². The molecule has 1 unspecified atom stereocenters. The molecule has 1 atom stereocenters. The zero-order chi connectivity index (χ0) is 13.7. The van der Waals surface area contributed by atoms with Crippen LogP contribution in [0.15, 0.2) is 24.3 Å². The molecule has 2 rings (SSSR count). The van der Waals surface area contributed by atoms with Gasteiger partial charge in [-0.15, -0.1) is 0 Å². The molecule has 1 saturated heterocycles. The maximum absolute atomic E-state index is 12.1. The first kappa shape index (κ1) is 14.0. The number of rotatable bonds is 4. The normalized spacial score (nSPS) is 19.5. The number of hydrogen-bond acceptors (Lipinski definition) is 3. The lowest BCUT2D eigenvalue weighted by atomic mass is 10.1. The average molecular weight is 263 g/mol. The van der Waals surface area contributed by atoms with E-state index in [-0.39, 0.29) is 18.6 Å². The van der Waals surface area contributed by atoms with Crippen molar-refractivity contribution >= 4 is 5.91 Å². The monoisotopic (exact) mass is 263 g/mol. The van der Waals surface area contributed by atoms with Gasteiger partial charge in [0.15, 0.2) is 0 Å². The molecule has 0 saturated carbocycles. The summed E-state index contributed by atoms with van der Waals surface area (Å²) < 4.78 is 5.34. The summed E-state index contributed by atoms with van der Waals surface area (Å²) in [4.78, 5) is 13.9. The lowest BCUT2D eigenvalue weighted by Crippen LogP contribution is -2.46. The van der Waals surface area contributed by atoms with Crippen LogP contribution in [0.1, 0.15) is 17.5 Å². The predicted octanol–water partition coefficient (Wildman–Crippen LogP) is 1.15. The Morgan fingerprint density at radius 1 is 1.53 bits per heavy atom. The first-order chi connectivity index (χ1) is 9.19. The maximum Gasteiger partial charge on any atom is 0.223 e. The second kappa shape index (κ2) is 6.68. The third-order valence-electron chi connectivity index (χ3n) is 3.41. The van der Waals surface area contributed by atoms with Gasteiger partial charge in [0.1, 0.15) is 0 Å². The number of carbonyl (C=O) groups is 1. The van der Waals surface area contributed by atoms with Gasteiger partial charge in [-0.05, 0) is 18.9 Å². The van der Waals surface area contributed by atoms with Gasteiger partial charge in [0.2, 0.25) is 5.91 Å². The summed E-state index contributed by atoms with van der Waals surface area (Å²) in [5.41, 5.74) is 2.41. The van der Waals surface area contributed by atoms with Gasteiger partial charge < -0.3 is 14.7 Å². The summed E-state index contributed by atoms with van der Waals surface area (Å²) in [7, 11) is 0. The molecule has 0 aromatic heterocycles. The van der Waals surface area contributed by atoms with Crippen molar-refractivity contribution in [2.75, 3.05) is 26.3 Å². The molecule has 19 heavy (non-hydrogen) atoms. The Hall–Kier alpha value is -1.39. The van der Waals surface area contributed by atoms with E-state index < -0.39 is 0 Å². The van der Waals surface area contributed by atoms with Gasteiger partial charge in [-0.3, -0.25) is 4.79 Å². The Kier molecular flexibility index (Phi) is 4.93. The van der Waals surface area contributed by atoms with Gasteiger partial charge >= 0.3 is 0 Å². The number of carbonyl (C=O) groups excluding carboxylic acids is 1. The van der Waals surface area contributed by atoms with E-state index in [4.69, 9.17) is 9.84 Å². The Labute approximate surface area is 114 Å². The molecule has 1 aromatic rings. The van der Waals surface area contributed by atoms with Crippen molar-refractivity contribution in [2.24, 2.45) is 0 Å². The molecule has 0 aliphatic carbocycles. The van der Waals surface area contributed by atoms with E-state index in [1.54, 1.807) is 4.90 Å². The maximum atomic E-state index is 12.1. The summed E-state index contributed by atoms with van der Waals surface area (Å²) in [6.07, 6.45) is 1.06. The minimum atomic E-state index is -0.225. The van der Waals surface area contributed by atoms with Crippen LogP contribution in [0.4, 0.5) is 0 Å². The summed E-state index contributed by atoms with van der Waals surface area (Å²) in [6, 6.07) is 8.24. The zero-order valence-electron chi connectivity index (χ0n) is 11.3. The first-order valence-electron chi connectivity index (χ1n) is 6.75. The van der Waals surface area contributed by atoms with Crippen molar-refractivity contribution in [1.29, 1.82) is 0 Å². The summed E-state index contributed by atoms with van der Waals surface area (Å²) in [5, 5.41) is 9.07. The molecule has 1 aromatic carbocycles. The van der Waals surface area contributed by atoms with Gasteiger partial charge in [0.05, 0.1) is 19.3 Å². The second-order valence-corrected chi connectivity index (χ2v) is 5.00. The Balaban J connectivity index is 1.84. The van der Waals surface area contributed by atoms with Crippen molar-refractivity contribution in [2.45, 2.75) is 25.9 Å². The number of nitrogens with zero attached hydrogens (tertiary/aromatic N) is 1. The van der Waals surface area contributed by atoms with E-state index in [9.17, 15) is 4.79 Å². The molecule has 4 heteroatoms. The smallest absolute Gasteiger partial charge is 0.223 e. The third kappa shape index (κ3) is 4.04. The Bertz CT molecular complexity index is 433. The Morgan fingerprint density at radius 2 is 2.37 bits per heavy atom. The molecule has 1 amide bonds. The molecule has 0 bridgehead atoms. The highest BCUT2D eigenvalue weighted by molar-refractivity contribution is 5.76. The number of ether oxygens (including phenoxy) is 1. The average Bonchev–Trinajstić information content (AvgIpc) is 2.45. The molecule has 104 valence electrons. The van der Waals surface area contributed by atoms with E-state index >= 15 is 0 Å². The van der Waals surface area contributed by atoms with Gasteiger partial charge in [-0.1, -0.05) is 29.8 Å². The number of morpholine rings is 1. The molecule has 1 heterocycles. The number of aryl methyl sites for hydroxylation is 2. The van der Waals surface area contributed by atoms with Crippen LogP contribution in [0.2, 0.25) is 0 Å². The molecular weight excluding hydrogens is 242 g/mol. The van der Waals surface area contributed by atoms with Crippen molar-refractivity contribution in [3.8, 4) is 0 Å². The topological polar surface area (TPSA) is 49.8 Å². The fourth-order valence-corrected chi connectivity index (χ4v) is 2.33. The third-order valence-corrected chi connectivity index (χ3v) is 3.41. The van der Waals surface area contributed by atoms with Crippen molar-refractivity contribution < 1.29 is 14.6 Å². The van der Waals surface area contributed by atoms with E-state index in [1.165, 1.54) is 11.1 Å². The quantitative estimate of drug-likeness (QED) is 0.886. The van der Waals surface area contributed by atoms with Crippen LogP contribution < -0.4 is 0 Å². The Morgan fingerprint density at radius 3 is 3.11 bits per heavy atom. The number of benzene rings is 1. The summed E-state index contributed by atoms with van der Waals surface area (Å²) >= 11 is 0. The molecule has 4 nitrogen and oxygen atoms in total. The number of hydrogen-bond donors (Lipinski definition) is 1. The first-order valence-corrected chi connectivity index (χ1v) is 6.75. The zero-order valence-corrected chi connectivity index (χ0v) is 11.3. The number of amides is 1. The molecule has 1 aliphatic rings. The molecule has 0 spiro atoms. The second-order valence-electron chi connectivity index (χ2n) is 5.00. The number of aliphatic hydroxyl groups is 1. The molecule has 0 radical (unpaired) electrons. The van der Waals surface area contributed by atoms with Crippen LogP contribution in [0.5, 0.6) is 0 Å². The minimum absolute atomic E-state index is 0.0261. The highest BCUT2D eigenvalue weighted by Gasteiger charge is 2.23. The van der Waals surface area contributed by atoms with Gasteiger partial charge in [-0.25, -0.2) is 0 Å². The van der Waals surface area contributed by atoms with Crippen LogP contribution >= 0.6 is 0 Å². The fourth-order valence-electron chi connectivity index (χ4n) is 2.33. The minimum Gasteiger partial charge on any atom is -0.394 e. The fraction of sp³-hybridized carbons (Fsp3) is 0.533. The standard InChI is InChI=1S/C15H21NO3/c1-12-3-2-4-13(9-12)5-6-15(18)16-7-8-19-14(10-16)11-17/h2-4,9,14,17H,5-8,10-11H2,1H3. The SMILES string of the molecule is Cc1cccc(CCC(=O)N2CCOC(CO)C2)c1. The lowest BCUT2D eigenvalue weighted by Gasteiger charge is -2.32. The summed E-state index contributed by atoms with van der Waals surface area (Å²) in [6.45, 7) is 3.68. The van der Waals surface area contributed by atoms with E-state index in [1.807, 2.05) is 6.07 Å². The molecule has 1 aliphatic heterocycles. The highest BCUT2D eigenvalue weighted by atomic mass is 16.5. The van der Waals surface area contributed by atoms with Gasteiger partial charge in [0, 0.05) is 19.5 Å². The van der Waals surface area contributed by atoms with E-state index in [0.717, 1.165) is 6.42 Å². The van der Waals surface area contributed by atoms with Crippen LogP contribution in [-0.4, -0.2) is 48.3 Å². The van der Waals surface area contributed by atoms with Crippen molar-refractivity contribution in [3.05, 3.63) is 35.4 Å².